The molecular formula is C16H19NS. The van der Waals surface area contributed by atoms with E-state index in [1.165, 1.54) is 27.1 Å². The second kappa shape index (κ2) is 6.07. The first-order chi connectivity index (χ1) is 8.69. The van der Waals surface area contributed by atoms with Gasteiger partial charge in [-0.3, -0.25) is 0 Å². The maximum atomic E-state index is 5.64. The zero-order chi connectivity index (χ0) is 13.0. The quantitative estimate of drug-likeness (QED) is 0.836. The van der Waals surface area contributed by atoms with Crippen molar-refractivity contribution in [2.45, 2.75) is 31.0 Å². The molecule has 0 aromatic heterocycles. The Morgan fingerprint density at radius 1 is 1.00 bits per heavy atom. The van der Waals surface area contributed by atoms with Crippen LogP contribution < -0.4 is 5.73 Å². The van der Waals surface area contributed by atoms with Crippen molar-refractivity contribution in [2.75, 3.05) is 0 Å². The van der Waals surface area contributed by atoms with Crippen LogP contribution in [-0.2, 0) is 12.3 Å². The molecule has 0 fully saturated rings. The zero-order valence-corrected chi connectivity index (χ0v) is 11.8. The van der Waals surface area contributed by atoms with Crippen molar-refractivity contribution in [1.82, 2.24) is 0 Å². The highest BCUT2D eigenvalue weighted by Crippen LogP contribution is 2.25. The molecule has 2 rings (SSSR count). The number of benzene rings is 2. The van der Waals surface area contributed by atoms with Gasteiger partial charge >= 0.3 is 0 Å². The average molecular weight is 257 g/mol. The van der Waals surface area contributed by atoms with E-state index in [0.717, 1.165) is 5.75 Å². The third-order valence-corrected chi connectivity index (χ3v) is 4.12. The molecule has 0 aliphatic heterocycles. The summed E-state index contributed by atoms with van der Waals surface area (Å²) in [4.78, 5) is 1.32. The Kier molecular flexibility index (Phi) is 4.45. The highest BCUT2D eigenvalue weighted by Gasteiger charge is 2.01. The fraction of sp³-hybridized carbons (Fsp3) is 0.250. The Hall–Kier alpha value is -1.25. The van der Waals surface area contributed by atoms with Crippen LogP contribution in [-0.4, -0.2) is 0 Å². The molecule has 18 heavy (non-hydrogen) atoms. The molecule has 0 heterocycles. The van der Waals surface area contributed by atoms with Crippen LogP contribution in [0.4, 0.5) is 0 Å². The summed E-state index contributed by atoms with van der Waals surface area (Å²) in [6.07, 6.45) is 0. The largest absolute Gasteiger partial charge is 0.326 e. The summed E-state index contributed by atoms with van der Waals surface area (Å²) in [5.41, 5.74) is 10.9. The Morgan fingerprint density at radius 3 is 2.33 bits per heavy atom. The van der Waals surface area contributed by atoms with E-state index < -0.39 is 0 Å². The molecule has 0 aliphatic rings. The predicted molar refractivity (Wildman–Crippen MR) is 79.8 cm³/mol. The van der Waals surface area contributed by atoms with E-state index in [0.29, 0.717) is 6.54 Å². The van der Waals surface area contributed by atoms with Crippen LogP contribution in [0.15, 0.2) is 47.4 Å². The van der Waals surface area contributed by atoms with E-state index in [2.05, 4.69) is 56.3 Å². The lowest BCUT2D eigenvalue weighted by molar-refractivity contribution is 1.06. The average Bonchev–Trinajstić information content (AvgIpc) is 2.39. The minimum atomic E-state index is 0.617. The molecule has 0 aliphatic carbocycles. The summed E-state index contributed by atoms with van der Waals surface area (Å²) in [6, 6.07) is 15.2. The van der Waals surface area contributed by atoms with Gasteiger partial charge in [-0.15, -0.1) is 11.8 Å². The third kappa shape index (κ3) is 3.37. The first kappa shape index (κ1) is 13.2. The molecule has 1 nitrogen and oxygen atoms in total. The summed E-state index contributed by atoms with van der Waals surface area (Å²) in [7, 11) is 0. The number of nitrogens with two attached hydrogens (primary N) is 1. The summed E-state index contributed by atoms with van der Waals surface area (Å²) in [5.74, 6) is 1.01. The number of thioether (sulfide) groups is 1. The number of hydrogen-bond acceptors (Lipinski definition) is 2. The molecular weight excluding hydrogens is 238 g/mol. The van der Waals surface area contributed by atoms with E-state index in [1.807, 2.05) is 11.8 Å². The minimum absolute atomic E-state index is 0.617. The molecule has 0 saturated carbocycles. The van der Waals surface area contributed by atoms with Gasteiger partial charge in [-0.25, -0.2) is 0 Å². The van der Waals surface area contributed by atoms with Crippen LogP contribution in [0.1, 0.15) is 22.3 Å². The molecule has 2 N–H and O–H groups in total. The first-order valence-electron chi connectivity index (χ1n) is 6.17. The topological polar surface area (TPSA) is 26.0 Å². The van der Waals surface area contributed by atoms with Crippen molar-refractivity contribution in [3.05, 3.63) is 64.7 Å². The Labute approximate surface area is 113 Å². The van der Waals surface area contributed by atoms with E-state index in [4.69, 9.17) is 5.73 Å². The normalized spacial score (nSPS) is 10.6. The van der Waals surface area contributed by atoms with Gasteiger partial charge in [0.1, 0.15) is 0 Å². The summed E-state index contributed by atoms with van der Waals surface area (Å²) in [5, 5.41) is 0. The maximum Gasteiger partial charge on any atom is 0.0234 e. The van der Waals surface area contributed by atoms with E-state index in [-0.39, 0.29) is 0 Å². The zero-order valence-electron chi connectivity index (χ0n) is 10.9. The lowest BCUT2D eigenvalue weighted by Gasteiger charge is -2.08. The first-order valence-corrected chi connectivity index (χ1v) is 7.15. The van der Waals surface area contributed by atoms with Gasteiger partial charge in [0.2, 0.25) is 0 Å². The van der Waals surface area contributed by atoms with Gasteiger partial charge in [0.15, 0.2) is 0 Å². The van der Waals surface area contributed by atoms with Gasteiger partial charge in [-0.2, -0.15) is 0 Å². The number of rotatable bonds is 4. The van der Waals surface area contributed by atoms with Crippen molar-refractivity contribution < 1.29 is 0 Å². The Balaban J connectivity index is 2.04. The monoisotopic (exact) mass is 257 g/mol. The number of aryl methyl sites for hydroxylation is 2. The second-order valence-electron chi connectivity index (χ2n) is 4.57. The SMILES string of the molecule is Cc1ccc(SCc2ccc(CN)cc2C)cc1. The highest BCUT2D eigenvalue weighted by molar-refractivity contribution is 7.98. The maximum absolute atomic E-state index is 5.64. The van der Waals surface area contributed by atoms with Crippen molar-refractivity contribution in [2.24, 2.45) is 5.73 Å². The lowest BCUT2D eigenvalue weighted by Crippen LogP contribution is -1.97. The summed E-state index contributed by atoms with van der Waals surface area (Å²) in [6.45, 7) is 4.89. The van der Waals surface area contributed by atoms with Gasteiger partial charge < -0.3 is 5.73 Å². The van der Waals surface area contributed by atoms with Gasteiger partial charge in [-0.1, -0.05) is 35.9 Å². The second-order valence-corrected chi connectivity index (χ2v) is 5.62. The number of hydrogen-bond donors (Lipinski definition) is 1. The van der Waals surface area contributed by atoms with Crippen LogP contribution in [0.3, 0.4) is 0 Å². The van der Waals surface area contributed by atoms with Crippen molar-refractivity contribution in [3.63, 3.8) is 0 Å². The minimum Gasteiger partial charge on any atom is -0.326 e. The van der Waals surface area contributed by atoms with Gasteiger partial charge in [-0.05, 0) is 42.7 Å². The van der Waals surface area contributed by atoms with Gasteiger partial charge in [0.25, 0.3) is 0 Å². The molecule has 94 valence electrons. The van der Waals surface area contributed by atoms with Crippen LogP contribution in [0.25, 0.3) is 0 Å². The molecule has 0 bridgehead atoms. The Bertz CT molecular complexity index is 517. The fourth-order valence-electron chi connectivity index (χ4n) is 1.84. The molecule has 0 radical (unpaired) electrons. The smallest absolute Gasteiger partial charge is 0.0234 e. The van der Waals surface area contributed by atoms with Crippen molar-refractivity contribution >= 4 is 11.8 Å². The molecule has 0 saturated heterocycles. The molecule has 0 spiro atoms. The molecule has 0 unspecified atom stereocenters. The summed E-state index contributed by atoms with van der Waals surface area (Å²) < 4.78 is 0. The molecule has 2 heteroatoms. The third-order valence-electron chi connectivity index (χ3n) is 3.06. The molecule has 2 aromatic carbocycles. The summed E-state index contributed by atoms with van der Waals surface area (Å²) >= 11 is 1.88. The highest BCUT2D eigenvalue weighted by atomic mass is 32.2. The molecule has 2 aromatic rings. The van der Waals surface area contributed by atoms with Gasteiger partial charge in [0, 0.05) is 17.2 Å². The Morgan fingerprint density at radius 2 is 1.72 bits per heavy atom. The van der Waals surface area contributed by atoms with Crippen LogP contribution >= 0.6 is 11.8 Å². The van der Waals surface area contributed by atoms with Crippen LogP contribution in [0, 0.1) is 13.8 Å². The standard InChI is InChI=1S/C16H19NS/c1-12-3-7-16(8-4-12)18-11-15-6-5-14(10-17)9-13(15)2/h3-9H,10-11,17H2,1-2H3. The van der Waals surface area contributed by atoms with Crippen molar-refractivity contribution in [3.8, 4) is 0 Å². The van der Waals surface area contributed by atoms with Crippen LogP contribution in [0.2, 0.25) is 0 Å². The van der Waals surface area contributed by atoms with Crippen LogP contribution in [0.5, 0.6) is 0 Å². The molecule has 0 amide bonds. The van der Waals surface area contributed by atoms with E-state index in [9.17, 15) is 0 Å². The fourth-order valence-corrected chi connectivity index (χ4v) is 2.82. The lowest BCUT2D eigenvalue weighted by atomic mass is 10.1. The van der Waals surface area contributed by atoms with E-state index >= 15 is 0 Å². The van der Waals surface area contributed by atoms with E-state index in [1.54, 1.807) is 0 Å². The van der Waals surface area contributed by atoms with Gasteiger partial charge in [0.05, 0.1) is 0 Å². The van der Waals surface area contributed by atoms with Crippen molar-refractivity contribution in [1.29, 1.82) is 0 Å². The predicted octanol–water partition coefficient (Wildman–Crippen LogP) is 4.05. The molecule has 0 atom stereocenters.